The third-order valence-electron chi connectivity index (χ3n) is 3.01. The van der Waals surface area contributed by atoms with E-state index in [0.717, 1.165) is 23.5 Å². The number of benzene rings is 1. The predicted octanol–water partition coefficient (Wildman–Crippen LogP) is 3.04. The number of amides is 1. The van der Waals surface area contributed by atoms with Crippen LogP contribution in [-0.4, -0.2) is 25.7 Å². The summed E-state index contributed by atoms with van der Waals surface area (Å²) in [4.78, 5) is 11.7. The Hall–Kier alpha value is -1.55. The third-order valence-corrected chi connectivity index (χ3v) is 3.01. The molecule has 1 rings (SSSR count). The van der Waals surface area contributed by atoms with Crippen molar-refractivity contribution in [2.24, 2.45) is 5.92 Å². The number of hydrogen-bond donors (Lipinski definition) is 2. The Morgan fingerprint density at radius 1 is 1.32 bits per heavy atom. The van der Waals surface area contributed by atoms with Gasteiger partial charge in [-0.05, 0) is 31.5 Å². The number of hydrogen-bond acceptors (Lipinski definition) is 3. The van der Waals surface area contributed by atoms with Crippen LogP contribution in [0, 0.1) is 12.8 Å². The van der Waals surface area contributed by atoms with E-state index in [1.807, 2.05) is 45.9 Å². The Labute approximate surface area is 115 Å². The highest BCUT2D eigenvalue weighted by atomic mass is 16.5. The summed E-state index contributed by atoms with van der Waals surface area (Å²) in [6.45, 7) is 8.53. The van der Waals surface area contributed by atoms with Gasteiger partial charge in [0.05, 0.1) is 6.10 Å². The minimum absolute atomic E-state index is 0.0220. The molecule has 1 aromatic carbocycles. The van der Waals surface area contributed by atoms with E-state index in [-0.39, 0.29) is 17.9 Å². The Morgan fingerprint density at radius 2 is 2.00 bits per heavy atom. The molecule has 1 atom stereocenters. The van der Waals surface area contributed by atoms with Crippen LogP contribution in [0.25, 0.3) is 0 Å². The first kappa shape index (κ1) is 15.5. The molecule has 0 heterocycles. The minimum Gasteiger partial charge on any atom is -0.382 e. The van der Waals surface area contributed by atoms with Gasteiger partial charge in [-0.25, -0.2) is 0 Å². The molecular formula is C15H24N2O2. The van der Waals surface area contributed by atoms with Crippen LogP contribution < -0.4 is 10.6 Å². The highest BCUT2D eigenvalue weighted by molar-refractivity contribution is 5.92. The molecule has 2 N–H and O–H groups in total. The number of ether oxygens (including phenoxy) is 1. The Morgan fingerprint density at radius 3 is 2.58 bits per heavy atom. The first-order valence-corrected chi connectivity index (χ1v) is 6.62. The van der Waals surface area contributed by atoms with Crippen LogP contribution in [0.4, 0.5) is 11.4 Å². The van der Waals surface area contributed by atoms with Gasteiger partial charge in [0.25, 0.3) is 0 Å². The summed E-state index contributed by atoms with van der Waals surface area (Å²) in [7, 11) is 1.69. The van der Waals surface area contributed by atoms with Crippen LogP contribution in [0.3, 0.4) is 0 Å². The lowest BCUT2D eigenvalue weighted by atomic mass is 10.1. The van der Waals surface area contributed by atoms with Crippen LogP contribution in [0.2, 0.25) is 0 Å². The lowest BCUT2D eigenvalue weighted by Gasteiger charge is -2.15. The molecule has 0 aromatic heterocycles. The topological polar surface area (TPSA) is 50.4 Å². The summed E-state index contributed by atoms with van der Waals surface area (Å²) < 4.78 is 5.21. The molecule has 4 nitrogen and oxygen atoms in total. The van der Waals surface area contributed by atoms with Gasteiger partial charge in [-0.15, -0.1) is 0 Å². The summed E-state index contributed by atoms with van der Waals surface area (Å²) in [6.07, 6.45) is 0.147. The molecule has 1 aromatic rings. The average Bonchev–Trinajstić information content (AvgIpc) is 2.38. The van der Waals surface area contributed by atoms with Gasteiger partial charge >= 0.3 is 0 Å². The molecule has 0 saturated carbocycles. The smallest absolute Gasteiger partial charge is 0.226 e. The zero-order valence-electron chi connectivity index (χ0n) is 12.4. The molecular weight excluding hydrogens is 240 g/mol. The maximum Gasteiger partial charge on any atom is 0.226 e. The van der Waals surface area contributed by atoms with Gasteiger partial charge in [-0.2, -0.15) is 0 Å². The van der Waals surface area contributed by atoms with Crippen molar-refractivity contribution >= 4 is 17.3 Å². The summed E-state index contributed by atoms with van der Waals surface area (Å²) in [5, 5.41) is 6.23. The van der Waals surface area contributed by atoms with E-state index in [0.29, 0.717) is 0 Å². The molecule has 1 amide bonds. The minimum atomic E-state index is -0.0220. The molecule has 4 heteroatoms. The first-order chi connectivity index (χ1) is 8.93. The van der Waals surface area contributed by atoms with Gasteiger partial charge in [0.15, 0.2) is 0 Å². The molecule has 19 heavy (non-hydrogen) atoms. The Bertz CT molecular complexity index is 430. The summed E-state index contributed by atoms with van der Waals surface area (Å²) in [5.41, 5.74) is 2.98. The second kappa shape index (κ2) is 7.14. The average molecular weight is 264 g/mol. The molecule has 0 spiro atoms. The Balaban J connectivity index is 2.74. The number of anilines is 2. The van der Waals surface area contributed by atoms with Gasteiger partial charge in [-0.3, -0.25) is 4.79 Å². The number of carbonyl (C=O) groups excluding carboxylic acids is 1. The van der Waals surface area contributed by atoms with Crippen molar-refractivity contribution in [3.63, 3.8) is 0 Å². The fourth-order valence-corrected chi connectivity index (χ4v) is 1.51. The molecule has 0 aliphatic carbocycles. The normalized spacial score (nSPS) is 12.3. The largest absolute Gasteiger partial charge is 0.382 e. The Kier molecular flexibility index (Phi) is 5.83. The molecule has 0 bridgehead atoms. The number of aryl methyl sites for hydroxylation is 1. The van der Waals surface area contributed by atoms with Crippen molar-refractivity contribution in [2.75, 3.05) is 24.3 Å². The van der Waals surface area contributed by atoms with Crippen LogP contribution in [-0.2, 0) is 9.53 Å². The van der Waals surface area contributed by atoms with Crippen LogP contribution in [0.5, 0.6) is 0 Å². The highest BCUT2D eigenvalue weighted by Gasteiger charge is 2.08. The molecule has 0 fully saturated rings. The zero-order chi connectivity index (χ0) is 14.4. The number of methoxy groups -OCH3 is 1. The van der Waals surface area contributed by atoms with E-state index in [9.17, 15) is 4.79 Å². The van der Waals surface area contributed by atoms with Gasteiger partial charge in [0, 0.05) is 30.9 Å². The van der Waals surface area contributed by atoms with Crippen molar-refractivity contribution in [3.05, 3.63) is 23.8 Å². The van der Waals surface area contributed by atoms with Crippen LogP contribution in [0.15, 0.2) is 18.2 Å². The van der Waals surface area contributed by atoms with E-state index < -0.39 is 0 Å². The van der Waals surface area contributed by atoms with Gasteiger partial charge < -0.3 is 15.4 Å². The zero-order valence-corrected chi connectivity index (χ0v) is 12.4. The molecule has 0 aliphatic heterocycles. The molecule has 106 valence electrons. The van der Waals surface area contributed by atoms with Crippen LogP contribution in [0.1, 0.15) is 26.3 Å². The van der Waals surface area contributed by atoms with E-state index in [1.165, 1.54) is 0 Å². The quantitative estimate of drug-likeness (QED) is 0.830. The highest BCUT2D eigenvalue weighted by Crippen LogP contribution is 2.20. The number of rotatable bonds is 6. The van der Waals surface area contributed by atoms with Gasteiger partial charge in [-0.1, -0.05) is 19.9 Å². The summed E-state index contributed by atoms with van der Waals surface area (Å²) in [6, 6.07) is 5.87. The van der Waals surface area contributed by atoms with Crippen molar-refractivity contribution in [1.29, 1.82) is 0 Å². The molecule has 0 aliphatic rings. The second-order valence-corrected chi connectivity index (χ2v) is 5.10. The van der Waals surface area contributed by atoms with Crippen LogP contribution >= 0.6 is 0 Å². The second-order valence-electron chi connectivity index (χ2n) is 5.10. The van der Waals surface area contributed by atoms with Gasteiger partial charge in [0.1, 0.15) is 0 Å². The fraction of sp³-hybridized carbons (Fsp3) is 0.533. The molecule has 0 radical (unpaired) electrons. The predicted molar refractivity (Wildman–Crippen MR) is 79.6 cm³/mol. The summed E-state index contributed by atoms with van der Waals surface area (Å²) in [5.74, 6) is 0.00582. The van der Waals surface area contributed by atoms with Crippen molar-refractivity contribution in [3.8, 4) is 0 Å². The standard InChI is InChI=1S/C15H24N2O2/c1-10(2)15(18)17-13-7-6-11(3)14(8-13)16-9-12(4)19-5/h6-8,10,12,16H,9H2,1-5H3,(H,17,18). The van der Waals surface area contributed by atoms with Gasteiger partial charge in [0.2, 0.25) is 5.91 Å². The van der Waals surface area contributed by atoms with Crippen molar-refractivity contribution in [1.82, 2.24) is 0 Å². The monoisotopic (exact) mass is 264 g/mol. The van der Waals surface area contributed by atoms with E-state index in [4.69, 9.17) is 4.74 Å². The number of carbonyl (C=O) groups is 1. The maximum absolute atomic E-state index is 11.7. The third kappa shape index (κ3) is 4.91. The van der Waals surface area contributed by atoms with Crippen molar-refractivity contribution < 1.29 is 9.53 Å². The lowest BCUT2D eigenvalue weighted by molar-refractivity contribution is -0.118. The molecule has 1 unspecified atom stereocenters. The lowest BCUT2D eigenvalue weighted by Crippen LogP contribution is -2.19. The van der Waals surface area contributed by atoms with E-state index >= 15 is 0 Å². The maximum atomic E-state index is 11.7. The summed E-state index contributed by atoms with van der Waals surface area (Å²) >= 11 is 0. The fourth-order valence-electron chi connectivity index (χ4n) is 1.51. The van der Waals surface area contributed by atoms with E-state index in [2.05, 4.69) is 10.6 Å². The molecule has 0 saturated heterocycles. The van der Waals surface area contributed by atoms with Crippen molar-refractivity contribution in [2.45, 2.75) is 33.8 Å². The van der Waals surface area contributed by atoms with E-state index in [1.54, 1.807) is 7.11 Å². The SMILES string of the molecule is COC(C)CNc1cc(NC(=O)C(C)C)ccc1C. The number of nitrogens with one attached hydrogen (secondary N) is 2. The first-order valence-electron chi connectivity index (χ1n) is 6.62.